The predicted molar refractivity (Wildman–Crippen MR) is 111 cm³/mol. The number of aryl methyl sites for hydroxylation is 1. The molecule has 0 unspecified atom stereocenters. The molecule has 1 aromatic carbocycles. The van der Waals surface area contributed by atoms with E-state index in [4.69, 9.17) is 0 Å². The number of carboxylic acid groups (broad SMARTS) is 1. The van der Waals surface area contributed by atoms with E-state index in [1.165, 1.54) is 0 Å². The molecule has 0 aliphatic heterocycles. The molecule has 7 heteroatoms. The minimum Gasteiger partial charge on any atom is -0.478 e. The highest BCUT2D eigenvalue weighted by Crippen LogP contribution is 2.35. The Balaban J connectivity index is 1.45. The second-order valence-corrected chi connectivity index (χ2v) is 7.62. The van der Waals surface area contributed by atoms with Crippen LogP contribution in [0, 0.1) is 0 Å². The molecule has 2 aromatic heterocycles. The number of benzene rings is 1. The van der Waals surface area contributed by atoms with E-state index in [1.807, 2.05) is 31.4 Å². The number of H-pyrrole nitrogens is 1. The zero-order chi connectivity index (χ0) is 20.4. The molecule has 2 heterocycles. The Bertz CT molecular complexity index is 1080. The lowest BCUT2D eigenvalue weighted by Crippen LogP contribution is -2.28. The van der Waals surface area contributed by atoms with Crippen LogP contribution in [-0.2, 0) is 7.05 Å². The number of carboxylic acids is 1. The summed E-state index contributed by atoms with van der Waals surface area (Å²) in [4.78, 5) is 26.6. The molecule has 3 N–H and O–H groups in total. The summed E-state index contributed by atoms with van der Waals surface area (Å²) >= 11 is 0. The third kappa shape index (κ3) is 4.08. The molecular formula is C22H24N4O3. The molecule has 150 valence electrons. The van der Waals surface area contributed by atoms with Crippen molar-refractivity contribution in [2.24, 2.45) is 7.05 Å². The molecule has 1 saturated carbocycles. The number of anilines is 1. The molecule has 0 radical (unpaired) electrons. The molecule has 29 heavy (non-hydrogen) atoms. The van der Waals surface area contributed by atoms with Gasteiger partial charge in [-0.3, -0.25) is 9.48 Å². The Morgan fingerprint density at radius 1 is 1.21 bits per heavy atom. The zero-order valence-electron chi connectivity index (χ0n) is 16.3. The number of rotatable bonds is 5. The molecule has 7 nitrogen and oxygen atoms in total. The minimum absolute atomic E-state index is 0.143. The van der Waals surface area contributed by atoms with Crippen LogP contribution in [-0.4, -0.2) is 31.9 Å². The number of aromatic amines is 1. The van der Waals surface area contributed by atoms with Crippen molar-refractivity contribution in [3.63, 3.8) is 0 Å². The number of carbonyl (C=O) groups is 1. The second kappa shape index (κ2) is 7.95. The number of nitrogens with one attached hydrogen (secondary N) is 2. The van der Waals surface area contributed by atoms with Crippen LogP contribution in [0.1, 0.15) is 47.5 Å². The maximum Gasteiger partial charge on any atom is 0.335 e. The molecule has 1 aliphatic rings. The van der Waals surface area contributed by atoms with Crippen molar-refractivity contribution in [3.05, 3.63) is 70.4 Å². The number of hydrogen-bond acceptors (Lipinski definition) is 4. The average molecular weight is 392 g/mol. The third-order valence-electron chi connectivity index (χ3n) is 5.66. The fraction of sp³-hybridized carbons (Fsp3) is 0.318. The highest BCUT2D eigenvalue weighted by molar-refractivity contribution is 5.89. The average Bonchev–Trinajstić information content (AvgIpc) is 3.16. The summed E-state index contributed by atoms with van der Waals surface area (Å²) in [6, 6.07) is 9.31. The van der Waals surface area contributed by atoms with Crippen molar-refractivity contribution in [2.45, 2.75) is 37.6 Å². The van der Waals surface area contributed by atoms with Gasteiger partial charge in [-0.05, 0) is 49.3 Å². The molecular weight excluding hydrogens is 368 g/mol. The highest BCUT2D eigenvalue weighted by atomic mass is 16.4. The van der Waals surface area contributed by atoms with Gasteiger partial charge in [-0.1, -0.05) is 18.2 Å². The van der Waals surface area contributed by atoms with Crippen LogP contribution in [0.2, 0.25) is 0 Å². The summed E-state index contributed by atoms with van der Waals surface area (Å²) in [5.41, 5.74) is 3.57. The molecule has 0 saturated heterocycles. The summed E-state index contributed by atoms with van der Waals surface area (Å²) in [5.74, 6) is -0.639. The Morgan fingerprint density at radius 3 is 2.66 bits per heavy atom. The van der Waals surface area contributed by atoms with E-state index >= 15 is 0 Å². The third-order valence-corrected chi connectivity index (χ3v) is 5.66. The van der Waals surface area contributed by atoms with Crippen molar-refractivity contribution < 1.29 is 9.90 Å². The van der Waals surface area contributed by atoms with Gasteiger partial charge in [0.05, 0.1) is 11.8 Å². The predicted octanol–water partition coefficient (Wildman–Crippen LogP) is 3.61. The Hall–Kier alpha value is -3.35. The second-order valence-electron chi connectivity index (χ2n) is 7.62. The van der Waals surface area contributed by atoms with Crippen LogP contribution in [0.5, 0.6) is 0 Å². The summed E-state index contributed by atoms with van der Waals surface area (Å²) in [7, 11) is 1.86. The van der Waals surface area contributed by atoms with Gasteiger partial charge in [0, 0.05) is 36.6 Å². The maximum absolute atomic E-state index is 12.3. The van der Waals surface area contributed by atoms with E-state index in [0.717, 1.165) is 42.4 Å². The summed E-state index contributed by atoms with van der Waals surface area (Å²) in [6.45, 7) is 0. The van der Waals surface area contributed by atoms with E-state index in [1.54, 1.807) is 29.2 Å². The number of pyridine rings is 1. The summed E-state index contributed by atoms with van der Waals surface area (Å²) in [5, 5.41) is 17.0. The minimum atomic E-state index is -0.875. The molecule has 3 aromatic rings. The van der Waals surface area contributed by atoms with Crippen LogP contribution in [0.15, 0.2) is 53.7 Å². The van der Waals surface area contributed by atoms with Crippen molar-refractivity contribution in [2.75, 3.05) is 5.32 Å². The van der Waals surface area contributed by atoms with Crippen molar-refractivity contribution in [3.8, 4) is 11.1 Å². The molecule has 0 spiro atoms. The molecule has 0 amide bonds. The van der Waals surface area contributed by atoms with Crippen LogP contribution in [0.3, 0.4) is 0 Å². The number of aromatic nitrogens is 3. The van der Waals surface area contributed by atoms with Gasteiger partial charge in [0.25, 0.3) is 5.56 Å². The smallest absolute Gasteiger partial charge is 0.335 e. The van der Waals surface area contributed by atoms with Gasteiger partial charge in [0.1, 0.15) is 5.69 Å². The van der Waals surface area contributed by atoms with Gasteiger partial charge in [-0.2, -0.15) is 5.10 Å². The van der Waals surface area contributed by atoms with Gasteiger partial charge >= 0.3 is 5.97 Å². The Labute approximate surface area is 168 Å². The fourth-order valence-corrected chi connectivity index (χ4v) is 4.14. The van der Waals surface area contributed by atoms with E-state index in [0.29, 0.717) is 11.3 Å². The van der Waals surface area contributed by atoms with Crippen molar-refractivity contribution >= 4 is 11.7 Å². The molecule has 1 aliphatic carbocycles. The van der Waals surface area contributed by atoms with Crippen LogP contribution >= 0.6 is 0 Å². The summed E-state index contributed by atoms with van der Waals surface area (Å²) in [6.07, 6.45) is 8.92. The van der Waals surface area contributed by atoms with Gasteiger partial charge in [0.15, 0.2) is 0 Å². The van der Waals surface area contributed by atoms with Gasteiger partial charge in [0.2, 0.25) is 0 Å². The molecule has 1 fully saturated rings. The normalized spacial score (nSPS) is 19.1. The van der Waals surface area contributed by atoms with E-state index in [9.17, 15) is 14.7 Å². The number of hydrogen-bond donors (Lipinski definition) is 3. The number of aromatic carboxylic acids is 1. The van der Waals surface area contributed by atoms with Crippen molar-refractivity contribution in [1.82, 2.24) is 14.8 Å². The van der Waals surface area contributed by atoms with E-state index in [2.05, 4.69) is 15.4 Å². The topological polar surface area (TPSA) is 100 Å². The van der Waals surface area contributed by atoms with Crippen LogP contribution in [0.4, 0.5) is 5.69 Å². The maximum atomic E-state index is 12.3. The van der Waals surface area contributed by atoms with E-state index in [-0.39, 0.29) is 17.5 Å². The Morgan fingerprint density at radius 2 is 1.97 bits per heavy atom. The lowest BCUT2D eigenvalue weighted by Gasteiger charge is -2.30. The van der Waals surface area contributed by atoms with E-state index < -0.39 is 5.97 Å². The first-order valence-electron chi connectivity index (χ1n) is 9.82. The van der Waals surface area contributed by atoms with Crippen molar-refractivity contribution in [1.29, 1.82) is 0 Å². The molecule has 4 rings (SSSR count). The van der Waals surface area contributed by atoms with Crippen LogP contribution < -0.4 is 10.9 Å². The SMILES string of the molecule is Cn1cc(-c2c[nH]c(=O)c(NC3CCC(c4ccccc4C(=O)O)CC3)c2)cn1. The standard InChI is InChI=1S/C22H24N4O3/c1-26-13-16(12-24-26)15-10-20(21(27)23-11-15)25-17-8-6-14(7-9-17)18-4-2-3-5-19(18)22(28)29/h2-5,10-14,17,25H,6-9H2,1H3,(H,23,27)(H,28,29). The lowest BCUT2D eigenvalue weighted by atomic mass is 9.80. The highest BCUT2D eigenvalue weighted by Gasteiger charge is 2.25. The first-order valence-corrected chi connectivity index (χ1v) is 9.82. The zero-order valence-corrected chi connectivity index (χ0v) is 16.3. The van der Waals surface area contributed by atoms with Gasteiger partial charge in [-0.15, -0.1) is 0 Å². The first-order chi connectivity index (χ1) is 14.0. The lowest BCUT2D eigenvalue weighted by molar-refractivity contribution is 0.0694. The quantitative estimate of drug-likeness (QED) is 0.616. The van der Waals surface area contributed by atoms with Gasteiger partial charge in [-0.25, -0.2) is 4.79 Å². The largest absolute Gasteiger partial charge is 0.478 e. The monoisotopic (exact) mass is 392 g/mol. The summed E-state index contributed by atoms with van der Waals surface area (Å²) < 4.78 is 1.73. The van der Waals surface area contributed by atoms with Crippen LogP contribution in [0.25, 0.3) is 11.1 Å². The first kappa shape index (κ1) is 19.0. The number of nitrogens with zero attached hydrogens (tertiary/aromatic N) is 2. The fourth-order valence-electron chi connectivity index (χ4n) is 4.14. The molecule has 0 atom stereocenters. The Kier molecular flexibility index (Phi) is 5.20. The molecule has 0 bridgehead atoms. The van der Waals surface area contributed by atoms with Gasteiger partial charge < -0.3 is 15.4 Å².